The highest BCUT2D eigenvalue weighted by Crippen LogP contribution is 2.31. The summed E-state index contributed by atoms with van der Waals surface area (Å²) in [7, 11) is 1.70. The Kier molecular flexibility index (Phi) is 5.40. The number of thiol groups is 1. The van der Waals surface area contributed by atoms with Crippen LogP contribution in [-0.2, 0) is 4.79 Å². The van der Waals surface area contributed by atoms with E-state index in [4.69, 9.17) is 0 Å². The molecule has 104 valence electrons. The molecular weight excluding hydrogens is 268 g/mol. The molecule has 0 aromatic heterocycles. The number of rotatable bonds is 6. The molecule has 2 atom stereocenters. The predicted octanol–water partition coefficient (Wildman–Crippen LogP) is 2.10. The Morgan fingerprint density at radius 1 is 1.44 bits per heavy atom. The van der Waals surface area contributed by atoms with Gasteiger partial charge in [-0.25, -0.2) is 4.79 Å². The third-order valence-corrected chi connectivity index (χ3v) is 5.34. The monoisotopic (exact) mass is 290 g/mol. The number of urea groups is 1. The van der Waals surface area contributed by atoms with Gasteiger partial charge in [0.15, 0.2) is 0 Å². The fourth-order valence-electron chi connectivity index (χ4n) is 1.79. The zero-order chi connectivity index (χ0) is 13.9. The molecule has 0 radical (unpaired) electrons. The Morgan fingerprint density at radius 2 is 2.06 bits per heavy atom. The maximum absolute atomic E-state index is 12.4. The van der Waals surface area contributed by atoms with Crippen LogP contribution in [0.3, 0.4) is 0 Å². The van der Waals surface area contributed by atoms with Gasteiger partial charge < -0.3 is 4.90 Å². The maximum Gasteiger partial charge on any atom is 0.327 e. The van der Waals surface area contributed by atoms with Gasteiger partial charge in [-0.3, -0.25) is 9.69 Å². The molecule has 6 heteroatoms. The lowest BCUT2D eigenvalue weighted by atomic mass is 10.0. The standard InChI is InChI=1S/C12H22N2O2S2/c1-5-9(2)18-8-12(3)10(15)14(6-7-17)11(16)13(12)4/h9,17H,5-8H2,1-4H3. The van der Waals surface area contributed by atoms with Gasteiger partial charge in [-0.1, -0.05) is 13.8 Å². The van der Waals surface area contributed by atoms with Gasteiger partial charge in [0.05, 0.1) is 0 Å². The van der Waals surface area contributed by atoms with Gasteiger partial charge in [-0.2, -0.15) is 24.4 Å². The lowest BCUT2D eigenvalue weighted by Gasteiger charge is -2.29. The molecule has 18 heavy (non-hydrogen) atoms. The second-order valence-corrected chi connectivity index (χ2v) is 6.70. The second kappa shape index (κ2) is 6.19. The third kappa shape index (κ3) is 2.79. The van der Waals surface area contributed by atoms with Gasteiger partial charge in [0.1, 0.15) is 5.54 Å². The van der Waals surface area contributed by atoms with Crippen LogP contribution in [0.5, 0.6) is 0 Å². The van der Waals surface area contributed by atoms with Gasteiger partial charge in [0, 0.05) is 30.3 Å². The Bertz CT molecular complexity index is 338. The molecule has 3 amide bonds. The summed E-state index contributed by atoms with van der Waals surface area (Å²) in [6, 6.07) is -0.207. The van der Waals surface area contributed by atoms with Crippen molar-refractivity contribution in [3.05, 3.63) is 0 Å². The molecule has 0 bridgehead atoms. The van der Waals surface area contributed by atoms with Gasteiger partial charge in [0.2, 0.25) is 0 Å². The molecule has 4 nitrogen and oxygen atoms in total. The summed E-state index contributed by atoms with van der Waals surface area (Å²) in [6.45, 7) is 6.50. The van der Waals surface area contributed by atoms with E-state index in [1.807, 2.05) is 6.92 Å². The van der Waals surface area contributed by atoms with Gasteiger partial charge >= 0.3 is 6.03 Å². The van der Waals surface area contributed by atoms with Crippen molar-refractivity contribution >= 4 is 36.3 Å². The summed E-state index contributed by atoms with van der Waals surface area (Å²) >= 11 is 5.84. The minimum Gasteiger partial charge on any atom is -0.312 e. The van der Waals surface area contributed by atoms with Crippen LogP contribution in [0.25, 0.3) is 0 Å². The summed E-state index contributed by atoms with van der Waals surface area (Å²) in [5, 5.41) is 0.497. The third-order valence-electron chi connectivity index (χ3n) is 3.51. The van der Waals surface area contributed by atoms with E-state index in [-0.39, 0.29) is 11.9 Å². The molecule has 0 aromatic rings. The summed E-state index contributed by atoms with van der Waals surface area (Å²) in [6.07, 6.45) is 1.06. The van der Waals surface area contributed by atoms with Crippen molar-refractivity contribution in [2.45, 2.75) is 38.0 Å². The molecule has 0 N–H and O–H groups in total. The topological polar surface area (TPSA) is 40.6 Å². The Labute approximate surface area is 119 Å². The van der Waals surface area contributed by atoms with Crippen molar-refractivity contribution < 1.29 is 9.59 Å². The number of likely N-dealkylation sites (N-methyl/N-ethyl adjacent to an activating group) is 1. The average Bonchev–Trinajstić information content (AvgIpc) is 2.52. The Balaban J connectivity index is 2.80. The molecule has 0 aromatic carbocycles. The molecule has 1 saturated heterocycles. The molecule has 0 saturated carbocycles. The smallest absolute Gasteiger partial charge is 0.312 e. The van der Waals surface area contributed by atoms with Crippen LogP contribution in [0.4, 0.5) is 4.79 Å². The van der Waals surface area contributed by atoms with Crippen LogP contribution < -0.4 is 0 Å². The number of thioether (sulfide) groups is 1. The van der Waals surface area contributed by atoms with Crippen molar-refractivity contribution in [1.29, 1.82) is 0 Å². The van der Waals surface area contributed by atoms with Crippen LogP contribution in [-0.4, -0.2) is 57.6 Å². The van der Waals surface area contributed by atoms with Crippen LogP contribution >= 0.6 is 24.4 Å². The summed E-state index contributed by atoms with van der Waals surface area (Å²) in [4.78, 5) is 27.3. The highest BCUT2D eigenvalue weighted by atomic mass is 32.2. The van der Waals surface area contributed by atoms with E-state index in [0.29, 0.717) is 23.3 Å². The van der Waals surface area contributed by atoms with Crippen molar-refractivity contribution in [1.82, 2.24) is 9.80 Å². The largest absolute Gasteiger partial charge is 0.327 e. The van der Waals surface area contributed by atoms with E-state index in [2.05, 4.69) is 26.5 Å². The van der Waals surface area contributed by atoms with E-state index < -0.39 is 5.54 Å². The molecular formula is C12H22N2O2S2. The Morgan fingerprint density at radius 3 is 2.56 bits per heavy atom. The molecule has 1 fully saturated rings. The minimum atomic E-state index is -0.714. The molecule has 0 spiro atoms. The first kappa shape index (κ1) is 15.7. The van der Waals surface area contributed by atoms with E-state index >= 15 is 0 Å². The Hall–Kier alpha value is -0.360. The summed E-state index contributed by atoms with van der Waals surface area (Å²) in [5.74, 6) is 1.05. The van der Waals surface area contributed by atoms with E-state index in [0.717, 1.165) is 6.42 Å². The second-order valence-electron chi connectivity index (χ2n) is 4.83. The van der Waals surface area contributed by atoms with Crippen LogP contribution in [0.1, 0.15) is 27.2 Å². The van der Waals surface area contributed by atoms with Crippen LogP contribution in [0.15, 0.2) is 0 Å². The average molecular weight is 290 g/mol. The first-order valence-corrected chi connectivity index (χ1v) is 7.88. The summed E-state index contributed by atoms with van der Waals surface area (Å²) in [5.41, 5.74) is -0.714. The number of carbonyl (C=O) groups is 2. The SMILES string of the molecule is CCC(C)SCC1(C)C(=O)N(CCS)C(=O)N1C. The van der Waals surface area contributed by atoms with E-state index in [1.54, 1.807) is 23.7 Å². The van der Waals surface area contributed by atoms with Gasteiger partial charge in [-0.15, -0.1) is 0 Å². The molecule has 1 aliphatic heterocycles. The van der Waals surface area contributed by atoms with Crippen LogP contribution in [0.2, 0.25) is 0 Å². The molecule has 0 aliphatic carbocycles. The van der Waals surface area contributed by atoms with Crippen molar-refractivity contribution in [3.8, 4) is 0 Å². The zero-order valence-electron chi connectivity index (χ0n) is 11.5. The van der Waals surface area contributed by atoms with Crippen molar-refractivity contribution in [2.75, 3.05) is 25.1 Å². The number of hydrogen-bond acceptors (Lipinski definition) is 4. The van der Waals surface area contributed by atoms with E-state index in [1.165, 1.54) is 4.90 Å². The quantitative estimate of drug-likeness (QED) is 0.601. The molecule has 1 rings (SSSR count). The first-order chi connectivity index (χ1) is 8.38. The lowest BCUT2D eigenvalue weighted by molar-refractivity contribution is -0.131. The van der Waals surface area contributed by atoms with Crippen LogP contribution in [0, 0.1) is 0 Å². The number of nitrogens with zero attached hydrogens (tertiary/aromatic N) is 2. The highest BCUT2D eigenvalue weighted by molar-refractivity contribution is 8.00. The number of carbonyl (C=O) groups excluding carboxylic acids is 2. The maximum atomic E-state index is 12.4. The van der Waals surface area contributed by atoms with E-state index in [9.17, 15) is 9.59 Å². The number of hydrogen-bond donors (Lipinski definition) is 1. The normalized spacial score (nSPS) is 26.1. The van der Waals surface area contributed by atoms with Crippen molar-refractivity contribution in [2.24, 2.45) is 0 Å². The number of amides is 3. The fraction of sp³-hybridized carbons (Fsp3) is 0.833. The summed E-state index contributed by atoms with van der Waals surface area (Å²) < 4.78 is 0. The predicted molar refractivity (Wildman–Crippen MR) is 79.3 cm³/mol. The number of imide groups is 1. The highest BCUT2D eigenvalue weighted by Gasteiger charge is 2.52. The van der Waals surface area contributed by atoms with Gasteiger partial charge in [-0.05, 0) is 13.3 Å². The van der Waals surface area contributed by atoms with Gasteiger partial charge in [0.25, 0.3) is 5.91 Å². The molecule has 2 unspecified atom stereocenters. The zero-order valence-corrected chi connectivity index (χ0v) is 13.2. The van der Waals surface area contributed by atoms with Crippen molar-refractivity contribution in [3.63, 3.8) is 0 Å². The minimum absolute atomic E-state index is 0.0974. The first-order valence-electron chi connectivity index (χ1n) is 6.20. The fourth-order valence-corrected chi connectivity index (χ4v) is 3.15. The molecule has 1 aliphatic rings. The molecule has 1 heterocycles. The lowest BCUT2D eigenvalue weighted by Crippen LogP contribution is -2.47.